The molecule has 2 fully saturated rings. The molecule has 3 nitrogen and oxygen atoms in total. The van der Waals surface area contributed by atoms with Crippen LogP contribution in [0.5, 0.6) is 0 Å². The molecule has 2 atom stereocenters. The minimum absolute atomic E-state index is 0.227. The number of fused-ring (bicyclic) bond motifs is 1. The molecular formula is C33H40FN3. The predicted molar refractivity (Wildman–Crippen MR) is 157 cm³/mol. The first-order chi connectivity index (χ1) is 17.9. The van der Waals surface area contributed by atoms with Gasteiger partial charge < -0.3 is 10.7 Å². The molecule has 1 aliphatic heterocycles. The summed E-state index contributed by atoms with van der Waals surface area (Å²) in [5.74, 6) is 0.453. The number of rotatable bonds is 6. The molecule has 0 amide bonds. The fraction of sp³-hybridized carbons (Fsp3) is 0.303. The molecule has 37 heavy (non-hydrogen) atoms. The minimum Gasteiger partial charge on any atom is -0.355 e. The zero-order chi connectivity index (χ0) is 26.8. The molecule has 1 saturated heterocycles. The fourth-order valence-electron chi connectivity index (χ4n) is 5.14. The standard InChI is InChI=1S/C26H26FN3.C4H8.C3H6/c1-18-11-25(29-23-9-7-22(27)8-10-23)20(14-28)12-24(18)26-13-21(26)16-30(17-26)15-19-5-3-2-4-6-19;1-3-4-2;1-3-2/h2-12,14,21,28-29H,13,15-17H2,1H3;3-4H,1-2H3;3H,1H2,2H3/b;4-3-;/t21?,26-;;/m0../s1. The van der Waals surface area contributed by atoms with Crippen molar-refractivity contribution in [2.75, 3.05) is 18.4 Å². The van der Waals surface area contributed by atoms with E-state index in [2.05, 4.69) is 66.2 Å². The maximum Gasteiger partial charge on any atom is 0.123 e. The smallest absolute Gasteiger partial charge is 0.123 e. The van der Waals surface area contributed by atoms with Gasteiger partial charge in [-0.25, -0.2) is 4.39 Å². The van der Waals surface area contributed by atoms with Crippen molar-refractivity contribution in [1.29, 1.82) is 5.41 Å². The second-order valence-electron chi connectivity index (χ2n) is 9.82. The van der Waals surface area contributed by atoms with Crippen LogP contribution in [0.1, 0.15) is 49.4 Å². The molecule has 0 aromatic heterocycles. The Labute approximate surface area is 222 Å². The van der Waals surface area contributed by atoms with Crippen molar-refractivity contribution in [2.24, 2.45) is 5.92 Å². The fourth-order valence-corrected chi connectivity index (χ4v) is 5.14. The molecule has 0 bridgehead atoms. The van der Waals surface area contributed by atoms with Gasteiger partial charge in [0.2, 0.25) is 0 Å². The Hall–Kier alpha value is -3.50. The van der Waals surface area contributed by atoms with Gasteiger partial charge in [-0.3, -0.25) is 4.90 Å². The molecule has 0 radical (unpaired) electrons. The van der Waals surface area contributed by atoms with E-state index >= 15 is 0 Å². The molecule has 4 heteroatoms. The summed E-state index contributed by atoms with van der Waals surface area (Å²) < 4.78 is 13.2. The van der Waals surface area contributed by atoms with Gasteiger partial charge in [0.1, 0.15) is 5.82 Å². The molecule has 2 N–H and O–H groups in total. The SMILES string of the molecule is C/C=C\C.C=CC.Cc1cc(Nc2ccc(F)cc2)c(C=N)cc1[C@]12CC1CN(Cc1ccccc1)C2. The van der Waals surface area contributed by atoms with Gasteiger partial charge in [-0.05, 0) is 93.1 Å². The van der Waals surface area contributed by atoms with Crippen molar-refractivity contribution in [3.63, 3.8) is 0 Å². The zero-order valence-corrected chi connectivity index (χ0v) is 22.6. The summed E-state index contributed by atoms with van der Waals surface area (Å²) >= 11 is 0. The Morgan fingerprint density at radius 2 is 1.70 bits per heavy atom. The van der Waals surface area contributed by atoms with Gasteiger partial charge in [0.05, 0.1) is 0 Å². The highest BCUT2D eigenvalue weighted by molar-refractivity contribution is 5.88. The van der Waals surface area contributed by atoms with E-state index < -0.39 is 0 Å². The zero-order valence-electron chi connectivity index (χ0n) is 22.6. The lowest BCUT2D eigenvalue weighted by molar-refractivity contribution is 0.290. The average Bonchev–Trinajstić information content (AvgIpc) is 3.47. The van der Waals surface area contributed by atoms with Crippen LogP contribution in [0.3, 0.4) is 0 Å². The molecular weight excluding hydrogens is 457 g/mol. The van der Waals surface area contributed by atoms with Crippen LogP contribution >= 0.6 is 0 Å². The Morgan fingerprint density at radius 1 is 1.05 bits per heavy atom. The lowest BCUT2D eigenvalue weighted by Crippen LogP contribution is -2.26. The van der Waals surface area contributed by atoms with Crippen LogP contribution in [-0.2, 0) is 12.0 Å². The highest BCUT2D eigenvalue weighted by Gasteiger charge is 2.61. The Balaban J connectivity index is 0.000000488. The number of piperidine rings is 1. The molecule has 3 aromatic rings. The number of anilines is 2. The van der Waals surface area contributed by atoms with Crippen LogP contribution in [0, 0.1) is 24.1 Å². The number of halogens is 1. The van der Waals surface area contributed by atoms with Crippen LogP contribution in [0.4, 0.5) is 15.8 Å². The molecule has 1 aliphatic carbocycles. The van der Waals surface area contributed by atoms with Gasteiger partial charge in [0.25, 0.3) is 0 Å². The lowest BCUT2D eigenvalue weighted by atomic mass is 9.88. The summed E-state index contributed by atoms with van der Waals surface area (Å²) in [6.07, 6.45) is 8.40. The maximum atomic E-state index is 13.2. The molecule has 0 spiro atoms. The maximum absolute atomic E-state index is 13.2. The summed E-state index contributed by atoms with van der Waals surface area (Å²) in [5, 5.41) is 11.3. The van der Waals surface area contributed by atoms with Crippen LogP contribution in [0.15, 0.2) is 91.5 Å². The lowest BCUT2D eigenvalue weighted by Gasteiger charge is -2.23. The first-order valence-corrected chi connectivity index (χ1v) is 13.0. The largest absolute Gasteiger partial charge is 0.355 e. The highest BCUT2D eigenvalue weighted by Crippen LogP contribution is 2.60. The highest BCUT2D eigenvalue weighted by atomic mass is 19.1. The monoisotopic (exact) mass is 497 g/mol. The third-order valence-corrected chi connectivity index (χ3v) is 7.01. The first kappa shape index (κ1) is 28.1. The Bertz CT molecular complexity index is 1200. The molecule has 194 valence electrons. The summed E-state index contributed by atoms with van der Waals surface area (Å²) in [4.78, 5) is 2.57. The van der Waals surface area contributed by atoms with E-state index in [0.717, 1.165) is 36.6 Å². The minimum atomic E-state index is -0.250. The van der Waals surface area contributed by atoms with Gasteiger partial charge in [-0.1, -0.05) is 48.6 Å². The summed E-state index contributed by atoms with van der Waals surface area (Å²) in [7, 11) is 0. The van der Waals surface area contributed by atoms with Gasteiger partial charge >= 0.3 is 0 Å². The first-order valence-electron chi connectivity index (χ1n) is 13.0. The van der Waals surface area contributed by atoms with E-state index in [0.29, 0.717) is 5.92 Å². The van der Waals surface area contributed by atoms with Crippen LogP contribution < -0.4 is 5.32 Å². The molecule has 1 heterocycles. The number of likely N-dealkylation sites (tertiary alicyclic amines) is 1. The average molecular weight is 498 g/mol. The van der Waals surface area contributed by atoms with Gasteiger partial charge in [0.15, 0.2) is 0 Å². The number of aryl methyl sites for hydroxylation is 1. The number of nitrogens with one attached hydrogen (secondary N) is 2. The van der Waals surface area contributed by atoms with Gasteiger partial charge in [-0.15, -0.1) is 6.58 Å². The molecule has 5 rings (SSSR count). The van der Waals surface area contributed by atoms with Crippen molar-refractivity contribution < 1.29 is 4.39 Å². The third kappa shape index (κ3) is 7.05. The summed E-state index contributed by atoms with van der Waals surface area (Å²) in [6.45, 7) is 14.6. The van der Waals surface area contributed by atoms with Crippen molar-refractivity contribution in [3.8, 4) is 0 Å². The second-order valence-corrected chi connectivity index (χ2v) is 9.82. The summed E-state index contributed by atoms with van der Waals surface area (Å²) in [5.41, 5.74) is 6.83. The van der Waals surface area contributed by atoms with E-state index in [9.17, 15) is 4.39 Å². The van der Waals surface area contributed by atoms with Crippen LogP contribution in [-0.4, -0.2) is 24.2 Å². The molecule has 3 aromatic carbocycles. The Morgan fingerprint density at radius 3 is 2.30 bits per heavy atom. The quantitative estimate of drug-likeness (QED) is 0.265. The topological polar surface area (TPSA) is 39.1 Å². The van der Waals surface area contributed by atoms with Crippen molar-refractivity contribution in [3.05, 3.63) is 120 Å². The van der Waals surface area contributed by atoms with Crippen molar-refractivity contribution >= 4 is 17.6 Å². The molecule has 1 unspecified atom stereocenters. The van der Waals surface area contributed by atoms with Gasteiger partial charge in [-0.2, -0.15) is 0 Å². The van der Waals surface area contributed by atoms with E-state index in [1.54, 1.807) is 18.2 Å². The summed E-state index contributed by atoms with van der Waals surface area (Å²) in [6, 6.07) is 21.4. The number of allylic oxidation sites excluding steroid dienone is 3. The van der Waals surface area contributed by atoms with Gasteiger partial charge in [0, 0.05) is 48.2 Å². The second kappa shape index (κ2) is 13.2. The van der Waals surface area contributed by atoms with E-state index in [1.165, 1.54) is 41.5 Å². The molecule has 2 aliphatic rings. The van der Waals surface area contributed by atoms with E-state index in [-0.39, 0.29) is 11.2 Å². The van der Waals surface area contributed by atoms with E-state index in [1.807, 2.05) is 32.9 Å². The molecule has 1 saturated carbocycles. The number of hydrogen-bond donors (Lipinski definition) is 2. The van der Waals surface area contributed by atoms with E-state index in [4.69, 9.17) is 5.41 Å². The van der Waals surface area contributed by atoms with Crippen molar-refractivity contribution in [2.45, 2.75) is 46.1 Å². The number of nitrogens with zero attached hydrogens (tertiary/aromatic N) is 1. The number of benzene rings is 3. The normalized spacial score (nSPS) is 19.6. The number of hydrogen-bond acceptors (Lipinski definition) is 3. The van der Waals surface area contributed by atoms with Crippen LogP contribution in [0.2, 0.25) is 0 Å². The Kier molecular flexibility index (Phi) is 9.99. The predicted octanol–water partition coefficient (Wildman–Crippen LogP) is 8.42. The third-order valence-electron chi connectivity index (χ3n) is 7.01. The van der Waals surface area contributed by atoms with Crippen LogP contribution in [0.25, 0.3) is 0 Å². The van der Waals surface area contributed by atoms with Crippen molar-refractivity contribution in [1.82, 2.24) is 4.90 Å².